The lowest BCUT2D eigenvalue weighted by Gasteiger charge is -2.20. The van der Waals surface area contributed by atoms with Gasteiger partial charge in [0.25, 0.3) is 11.8 Å². The third-order valence-corrected chi connectivity index (χ3v) is 5.15. The van der Waals surface area contributed by atoms with Crippen molar-refractivity contribution in [1.29, 1.82) is 0 Å². The van der Waals surface area contributed by atoms with Gasteiger partial charge >= 0.3 is 0 Å². The summed E-state index contributed by atoms with van der Waals surface area (Å²) in [6.45, 7) is 9.29. The largest absolute Gasteiger partial charge is 0.354 e. The molecular weight excluding hydrogens is 442 g/mol. The van der Waals surface area contributed by atoms with Crippen LogP contribution >= 0.6 is 0 Å². The number of hydrogen-bond acceptors (Lipinski definition) is 6. The topological polar surface area (TPSA) is 154 Å². The molecule has 0 unspecified atom stereocenters. The van der Waals surface area contributed by atoms with Gasteiger partial charge in [-0.3, -0.25) is 33.7 Å². The van der Waals surface area contributed by atoms with Crippen LogP contribution in [0.3, 0.4) is 0 Å². The summed E-state index contributed by atoms with van der Waals surface area (Å²) >= 11 is 0. The number of imide groups is 1. The minimum absolute atomic E-state index is 0.191. The summed E-state index contributed by atoms with van der Waals surface area (Å²) in [5, 5.41) is 10.4. The first-order valence-corrected chi connectivity index (χ1v) is 11.6. The minimum atomic E-state index is -0.891. The van der Waals surface area contributed by atoms with Gasteiger partial charge in [-0.25, -0.2) is 0 Å². The van der Waals surface area contributed by atoms with E-state index in [9.17, 15) is 28.8 Å². The minimum Gasteiger partial charge on any atom is -0.354 e. The molecular formula is C23H37N5O6. The van der Waals surface area contributed by atoms with E-state index in [-0.39, 0.29) is 36.0 Å². The van der Waals surface area contributed by atoms with Gasteiger partial charge in [0.1, 0.15) is 18.1 Å². The normalized spacial score (nSPS) is 15.6. The molecule has 11 nitrogen and oxygen atoms in total. The second-order valence-corrected chi connectivity index (χ2v) is 8.86. The van der Waals surface area contributed by atoms with E-state index >= 15 is 0 Å². The number of carbonyl (C=O) groups excluding carboxylic acids is 6. The average Bonchev–Trinajstić information content (AvgIpc) is 3.08. The predicted octanol–water partition coefficient (Wildman–Crippen LogP) is -0.242. The van der Waals surface area contributed by atoms with Crippen LogP contribution in [0.1, 0.15) is 60.3 Å². The van der Waals surface area contributed by atoms with Crippen LogP contribution in [0, 0.1) is 5.92 Å². The Balaban J connectivity index is 2.27. The maximum absolute atomic E-state index is 12.3. The summed E-state index contributed by atoms with van der Waals surface area (Å²) in [4.78, 5) is 72.7. The van der Waals surface area contributed by atoms with E-state index < -0.39 is 29.9 Å². The van der Waals surface area contributed by atoms with Gasteiger partial charge in [-0.2, -0.15) is 0 Å². The number of unbranched alkanes of at least 4 members (excludes halogenated alkanes) is 2. The summed E-state index contributed by atoms with van der Waals surface area (Å²) in [5.74, 6) is -2.02. The van der Waals surface area contributed by atoms with Crippen molar-refractivity contribution in [2.45, 2.75) is 78.4 Å². The predicted molar refractivity (Wildman–Crippen MR) is 125 cm³/mol. The van der Waals surface area contributed by atoms with E-state index in [0.29, 0.717) is 32.4 Å². The lowest BCUT2D eigenvalue weighted by atomic mass is 10.1. The van der Waals surface area contributed by atoms with Crippen LogP contribution in [0.4, 0.5) is 0 Å². The highest BCUT2D eigenvalue weighted by atomic mass is 16.2. The molecule has 190 valence electrons. The molecule has 34 heavy (non-hydrogen) atoms. The van der Waals surface area contributed by atoms with Gasteiger partial charge < -0.3 is 21.3 Å². The third kappa shape index (κ3) is 10.1. The SMILES string of the molecule is CC(C)CNC(=O)[C@H](C)NC(=O)[C@H](C)NC(=O)[C@H](C)NC(=O)CCCCCN1C(=O)C=CC1=O. The van der Waals surface area contributed by atoms with Crippen molar-refractivity contribution in [3.05, 3.63) is 12.2 Å². The maximum atomic E-state index is 12.3. The fraction of sp³-hybridized carbons (Fsp3) is 0.652. The molecule has 1 rings (SSSR count). The Morgan fingerprint density at radius 1 is 0.735 bits per heavy atom. The standard InChI is InChI=1S/C23H37N5O6/c1-14(2)13-24-21(32)15(3)26-23(34)17(5)27-22(33)16(4)25-18(29)9-7-6-8-12-28-19(30)10-11-20(28)31/h10-11,14-17H,6-9,12-13H2,1-5H3,(H,24,32)(H,25,29)(H,26,34)(H,27,33)/t15-,16-,17-/m0/s1. The Bertz CT molecular complexity index is 792. The number of hydrogen-bond donors (Lipinski definition) is 4. The number of nitrogens with one attached hydrogen (secondary N) is 4. The van der Waals surface area contributed by atoms with Crippen LogP contribution in [0.5, 0.6) is 0 Å². The molecule has 6 amide bonds. The van der Waals surface area contributed by atoms with E-state index in [1.54, 1.807) is 6.92 Å². The van der Waals surface area contributed by atoms with Gasteiger partial charge in [0.15, 0.2) is 0 Å². The van der Waals surface area contributed by atoms with Crippen molar-refractivity contribution in [1.82, 2.24) is 26.2 Å². The highest BCUT2D eigenvalue weighted by molar-refractivity contribution is 6.12. The lowest BCUT2D eigenvalue weighted by Crippen LogP contribution is -2.54. The van der Waals surface area contributed by atoms with E-state index in [2.05, 4.69) is 21.3 Å². The Morgan fingerprint density at radius 2 is 1.24 bits per heavy atom. The zero-order valence-electron chi connectivity index (χ0n) is 20.6. The molecule has 1 aliphatic rings. The molecule has 4 N–H and O–H groups in total. The summed E-state index contributed by atoms with van der Waals surface area (Å²) in [6.07, 6.45) is 4.43. The van der Waals surface area contributed by atoms with Crippen molar-refractivity contribution in [3.8, 4) is 0 Å². The van der Waals surface area contributed by atoms with Crippen LogP contribution < -0.4 is 21.3 Å². The molecule has 3 atom stereocenters. The molecule has 0 aromatic heterocycles. The first kappa shape index (κ1) is 28.8. The van der Waals surface area contributed by atoms with E-state index in [4.69, 9.17) is 0 Å². The molecule has 0 aliphatic carbocycles. The van der Waals surface area contributed by atoms with Crippen LogP contribution in [0.2, 0.25) is 0 Å². The van der Waals surface area contributed by atoms with Gasteiger partial charge in [0.2, 0.25) is 23.6 Å². The Labute approximate surface area is 200 Å². The molecule has 1 heterocycles. The van der Waals surface area contributed by atoms with Crippen molar-refractivity contribution in [3.63, 3.8) is 0 Å². The molecule has 0 radical (unpaired) electrons. The number of nitrogens with zero attached hydrogens (tertiary/aromatic N) is 1. The molecule has 0 fully saturated rings. The lowest BCUT2D eigenvalue weighted by molar-refractivity contribution is -0.137. The Hall–Kier alpha value is -3.24. The second-order valence-electron chi connectivity index (χ2n) is 8.86. The summed E-state index contributed by atoms with van der Waals surface area (Å²) < 4.78 is 0. The highest BCUT2D eigenvalue weighted by Crippen LogP contribution is 2.07. The first-order valence-electron chi connectivity index (χ1n) is 11.6. The van der Waals surface area contributed by atoms with Crippen molar-refractivity contribution >= 4 is 35.4 Å². The number of carbonyl (C=O) groups is 6. The highest BCUT2D eigenvalue weighted by Gasteiger charge is 2.24. The maximum Gasteiger partial charge on any atom is 0.253 e. The van der Waals surface area contributed by atoms with Crippen molar-refractivity contribution in [2.24, 2.45) is 5.92 Å². The summed E-state index contributed by atoms with van der Waals surface area (Å²) in [7, 11) is 0. The van der Waals surface area contributed by atoms with Crippen molar-refractivity contribution in [2.75, 3.05) is 13.1 Å². The molecule has 0 aromatic rings. The van der Waals surface area contributed by atoms with E-state index in [1.165, 1.54) is 26.0 Å². The zero-order valence-corrected chi connectivity index (χ0v) is 20.6. The quantitative estimate of drug-likeness (QED) is 0.199. The summed E-state index contributed by atoms with van der Waals surface area (Å²) in [5.41, 5.74) is 0. The smallest absolute Gasteiger partial charge is 0.253 e. The summed E-state index contributed by atoms with van der Waals surface area (Å²) in [6, 6.07) is -2.49. The number of amides is 6. The van der Waals surface area contributed by atoms with Gasteiger partial charge in [-0.1, -0.05) is 20.3 Å². The molecule has 0 saturated heterocycles. The van der Waals surface area contributed by atoms with Crippen LogP contribution in [0.25, 0.3) is 0 Å². The molecule has 11 heteroatoms. The molecule has 0 spiro atoms. The van der Waals surface area contributed by atoms with Gasteiger partial charge in [0, 0.05) is 31.7 Å². The second kappa shape index (κ2) is 14.1. The van der Waals surface area contributed by atoms with E-state index in [1.807, 2.05) is 13.8 Å². The number of rotatable bonds is 14. The first-order chi connectivity index (χ1) is 15.9. The molecule has 1 aliphatic heterocycles. The Morgan fingerprint density at radius 3 is 1.76 bits per heavy atom. The average molecular weight is 480 g/mol. The zero-order chi connectivity index (χ0) is 25.8. The molecule has 0 bridgehead atoms. The molecule has 0 aromatic carbocycles. The molecule has 0 saturated carbocycles. The van der Waals surface area contributed by atoms with Gasteiger partial charge in [0.05, 0.1) is 0 Å². The van der Waals surface area contributed by atoms with Crippen LogP contribution in [-0.2, 0) is 28.8 Å². The Kier molecular flexibility index (Phi) is 12.0. The van der Waals surface area contributed by atoms with Crippen LogP contribution in [-0.4, -0.2) is 71.6 Å². The fourth-order valence-corrected chi connectivity index (χ4v) is 3.03. The van der Waals surface area contributed by atoms with Gasteiger partial charge in [-0.15, -0.1) is 0 Å². The monoisotopic (exact) mass is 479 g/mol. The van der Waals surface area contributed by atoms with Gasteiger partial charge in [-0.05, 0) is 39.5 Å². The van der Waals surface area contributed by atoms with E-state index in [0.717, 1.165) is 4.90 Å². The fourth-order valence-electron chi connectivity index (χ4n) is 3.03. The van der Waals surface area contributed by atoms with Crippen molar-refractivity contribution < 1.29 is 28.8 Å². The third-order valence-electron chi connectivity index (χ3n) is 5.15. The van der Waals surface area contributed by atoms with Crippen LogP contribution in [0.15, 0.2) is 12.2 Å².